The van der Waals surface area contributed by atoms with Gasteiger partial charge in [-0.3, -0.25) is 0 Å². The lowest BCUT2D eigenvalue weighted by Crippen LogP contribution is -3.14. The molecule has 0 bridgehead atoms. The standard InChI is InChI=1S/C16H25N3S/c1-4-19-9-5-6-14(19)11-17-16(20)18-15-10-12(2)7-8-13(15)3/h7-8,10,14H,4-6,9,11H2,1-3H3,(H2,17,18,20)/p+1/t14-/m0/s1. The second-order valence-corrected chi connectivity index (χ2v) is 6.16. The SMILES string of the molecule is CC[NH+]1CCC[C@H]1CNC(=S)Nc1cc(C)ccc1C. The summed E-state index contributed by atoms with van der Waals surface area (Å²) in [7, 11) is 0. The van der Waals surface area contributed by atoms with Crippen LogP contribution in [-0.4, -0.2) is 30.8 Å². The van der Waals surface area contributed by atoms with Crippen LogP contribution >= 0.6 is 12.2 Å². The molecule has 0 radical (unpaired) electrons. The van der Waals surface area contributed by atoms with E-state index in [1.165, 1.54) is 37.1 Å². The molecule has 1 aliphatic rings. The average Bonchev–Trinajstić information content (AvgIpc) is 2.88. The lowest BCUT2D eigenvalue weighted by molar-refractivity contribution is -0.909. The van der Waals surface area contributed by atoms with Crippen molar-refractivity contribution in [3.8, 4) is 0 Å². The molecule has 4 heteroatoms. The van der Waals surface area contributed by atoms with Gasteiger partial charge in [-0.15, -0.1) is 0 Å². The van der Waals surface area contributed by atoms with Crippen LogP contribution in [-0.2, 0) is 0 Å². The Bertz CT molecular complexity index is 473. The molecular weight excluding hydrogens is 266 g/mol. The molecule has 0 saturated carbocycles. The van der Waals surface area contributed by atoms with E-state index in [4.69, 9.17) is 12.2 Å². The number of benzene rings is 1. The number of likely N-dealkylation sites (N-methyl/N-ethyl adjacent to an activating group) is 1. The molecule has 0 spiro atoms. The van der Waals surface area contributed by atoms with E-state index in [2.05, 4.69) is 49.6 Å². The third kappa shape index (κ3) is 3.93. The summed E-state index contributed by atoms with van der Waals surface area (Å²) < 4.78 is 0. The first-order valence-corrected chi connectivity index (χ1v) is 7.97. The van der Waals surface area contributed by atoms with Crippen molar-refractivity contribution in [1.82, 2.24) is 5.32 Å². The summed E-state index contributed by atoms with van der Waals surface area (Å²) in [6.45, 7) is 9.95. The highest BCUT2D eigenvalue weighted by Gasteiger charge is 2.26. The molecule has 20 heavy (non-hydrogen) atoms. The Morgan fingerprint density at radius 2 is 2.20 bits per heavy atom. The molecule has 1 aromatic rings. The highest BCUT2D eigenvalue weighted by Crippen LogP contribution is 2.16. The third-order valence-corrected chi connectivity index (χ3v) is 4.48. The Labute approximate surface area is 127 Å². The predicted molar refractivity (Wildman–Crippen MR) is 89.5 cm³/mol. The second-order valence-electron chi connectivity index (χ2n) is 5.75. The first-order chi connectivity index (χ1) is 9.60. The van der Waals surface area contributed by atoms with E-state index in [-0.39, 0.29) is 0 Å². The van der Waals surface area contributed by atoms with Gasteiger partial charge in [0, 0.05) is 18.5 Å². The molecular formula is C16H26N3S+. The first kappa shape index (κ1) is 15.3. The van der Waals surface area contributed by atoms with Crippen LogP contribution in [0.3, 0.4) is 0 Å². The van der Waals surface area contributed by atoms with Crippen LogP contribution in [0, 0.1) is 13.8 Å². The van der Waals surface area contributed by atoms with Crippen molar-refractivity contribution in [2.24, 2.45) is 0 Å². The van der Waals surface area contributed by atoms with E-state index in [9.17, 15) is 0 Å². The van der Waals surface area contributed by atoms with Crippen LogP contribution in [0.1, 0.15) is 30.9 Å². The maximum Gasteiger partial charge on any atom is 0.171 e. The maximum absolute atomic E-state index is 5.42. The van der Waals surface area contributed by atoms with E-state index >= 15 is 0 Å². The van der Waals surface area contributed by atoms with Crippen molar-refractivity contribution in [3.05, 3.63) is 29.3 Å². The van der Waals surface area contributed by atoms with E-state index in [0.29, 0.717) is 6.04 Å². The molecule has 1 aromatic carbocycles. The fourth-order valence-corrected chi connectivity index (χ4v) is 3.14. The lowest BCUT2D eigenvalue weighted by atomic mass is 10.1. The molecule has 1 fully saturated rings. The van der Waals surface area contributed by atoms with Crippen molar-refractivity contribution in [3.63, 3.8) is 0 Å². The molecule has 1 saturated heterocycles. The normalized spacial score (nSPS) is 21.8. The molecule has 1 aliphatic heterocycles. The van der Waals surface area contributed by atoms with E-state index in [1.54, 1.807) is 4.90 Å². The monoisotopic (exact) mass is 292 g/mol. The zero-order valence-electron chi connectivity index (χ0n) is 12.8. The Morgan fingerprint density at radius 3 is 2.95 bits per heavy atom. The first-order valence-electron chi connectivity index (χ1n) is 7.57. The number of nitrogens with one attached hydrogen (secondary N) is 3. The van der Waals surface area contributed by atoms with Crippen molar-refractivity contribution >= 4 is 23.0 Å². The van der Waals surface area contributed by atoms with E-state index < -0.39 is 0 Å². The molecule has 3 N–H and O–H groups in total. The highest BCUT2D eigenvalue weighted by atomic mass is 32.1. The topological polar surface area (TPSA) is 28.5 Å². The van der Waals surface area contributed by atoms with Gasteiger partial charge in [0.05, 0.1) is 19.6 Å². The van der Waals surface area contributed by atoms with Crippen LogP contribution < -0.4 is 15.5 Å². The second kappa shape index (κ2) is 7.04. The van der Waals surface area contributed by atoms with Crippen LogP contribution in [0.4, 0.5) is 5.69 Å². The maximum atomic E-state index is 5.42. The van der Waals surface area contributed by atoms with Gasteiger partial charge in [-0.25, -0.2) is 0 Å². The van der Waals surface area contributed by atoms with Gasteiger partial charge in [-0.2, -0.15) is 0 Å². The Hall–Kier alpha value is -1.13. The van der Waals surface area contributed by atoms with Gasteiger partial charge in [0.2, 0.25) is 0 Å². The van der Waals surface area contributed by atoms with Gasteiger partial charge < -0.3 is 15.5 Å². The summed E-state index contributed by atoms with van der Waals surface area (Å²) in [5, 5.41) is 7.44. The Kier molecular flexibility index (Phi) is 5.38. The van der Waals surface area contributed by atoms with Crippen LogP contribution in [0.15, 0.2) is 18.2 Å². The van der Waals surface area contributed by atoms with Crippen LogP contribution in [0.2, 0.25) is 0 Å². The summed E-state index contributed by atoms with van der Waals surface area (Å²) in [5.41, 5.74) is 3.58. The number of hydrogen-bond donors (Lipinski definition) is 3. The lowest BCUT2D eigenvalue weighted by Gasteiger charge is -2.21. The molecule has 2 rings (SSSR count). The zero-order chi connectivity index (χ0) is 14.5. The number of rotatable bonds is 4. The Balaban J connectivity index is 1.85. The minimum Gasteiger partial charge on any atom is -0.356 e. The van der Waals surface area contributed by atoms with Crippen molar-refractivity contribution < 1.29 is 4.90 Å². The summed E-state index contributed by atoms with van der Waals surface area (Å²) in [6, 6.07) is 7.10. The summed E-state index contributed by atoms with van der Waals surface area (Å²) in [4.78, 5) is 1.70. The number of likely N-dealkylation sites (tertiary alicyclic amines) is 1. The van der Waals surface area contributed by atoms with Gasteiger partial charge in [-0.05, 0) is 50.2 Å². The fraction of sp³-hybridized carbons (Fsp3) is 0.562. The molecule has 2 atom stereocenters. The zero-order valence-corrected chi connectivity index (χ0v) is 13.6. The minimum absolute atomic E-state index is 0.707. The Morgan fingerprint density at radius 1 is 1.40 bits per heavy atom. The van der Waals surface area contributed by atoms with E-state index in [1.807, 2.05) is 0 Å². The third-order valence-electron chi connectivity index (χ3n) is 4.23. The number of thiocarbonyl (C=S) groups is 1. The number of hydrogen-bond acceptors (Lipinski definition) is 1. The number of quaternary nitrogens is 1. The quantitative estimate of drug-likeness (QED) is 0.737. The molecule has 0 aliphatic carbocycles. The van der Waals surface area contributed by atoms with E-state index in [0.717, 1.165) is 17.3 Å². The molecule has 0 aromatic heterocycles. The molecule has 1 heterocycles. The molecule has 3 nitrogen and oxygen atoms in total. The number of anilines is 1. The predicted octanol–water partition coefficient (Wildman–Crippen LogP) is 1.66. The molecule has 0 amide bonds. The number of aryl methyl sites for hydroxylation is 2. The van der Waals surface area contributed by atoms with Gasteiger partial charge in [0.25, 0.3) is 0 Å². The van der Waals surface area contributed by atoms with Crippen molar-refractivity contribution in [1.29, 1.82) is 0 Å². The summed E-state index contributed by atoms with van der Waals surface area (Å²) in [5.74, 6) is 0. The van der Waals surface area contributed by atoms with Gasteiger partial charge in [0.1, 0.15) is 6.04 Å². The fourth-order valence-electron chi connectivity index (χ4n) is 2.95. The smallest absolute Gasteiger partial charge is 0.171 e. The van der Waals surface area contributed by atoms with Crippen molar-refractivity contribution in [2.75, 3.05) is 25.0 Å². The molecule has 1 unspecified atom stereocenters. The van der Waals surface area contributed by atoms with Gasteiger partial charge in [0.15, 0.2) is 5.11 Å². The summed E-state index contributed by atoms with van der Waals surface area (Å²) >= 11 is 5.42. The highest BCUT2D eigenvalue weighted by molar-refractivity contribution is 7.80. The minimum atomic E-state index is 0.707. The van der Waals surface area contributed by atoms with Gasteiger partial charge >= 0.3 is 0 Å². The summed E-state index contributed by atoms with van der Waals surface area (Å²) in [6.07, 6.45) is 2.65. The molecule has 110 valence electrons. The average molecular weight is 292 g/mol. The largest absolute Gasteiger partial charge is 0.356 e. The van der Waals surface area contributed by atoms with Crippen LogP contribution in [0.25, 0.3) is 0 Å². The van der Waals surface area contributed by atoms with Crippen LogP contribution in [0.5, 0.6) is 0 Å². The van der Waals surface area contributed by atoms with Gasteiger partial charge in [-0.1, -0.05) is 12.1 Å². The van der Waals surface area contributed by atoms with Crippen molar-refractivity contribution in [2.45, 2.75) is 39.7 Å².